The molecule has 0 saturated heterocycles. The lowest BCUT2D eigenvalue weighted by Crippen LogP contribution is -2.25. The molecule has 1 N–H and O–H groups in total. The van der Waals surface area contributed by atoms with Gasteiger partial charge in [0.05, 0.1) is 0 Å². The minimum atomic E-state index is -4.12. The van der Waals surface area contributed by atoms with Crippen LogP contribution in [0.1, 0.15) is 35.2 Å². The summed E-state index contributed by atoms with van der Waals surface area (Å²) < 4.78 is 36.6. The molecule has 0 fully saturated rings. The number of unbranched alkanes of at least 4 members (excludes halogenated alkanes) is 1. The Morgan fingerprint density at radius 1 is 1.32 bits per heavy atom. The van der Waals surface area contributed by atoms with E-state index in [0.717, 1.165) is 10.0 Å². The number of carbonyl (C=O) groups is 1. The van der Waals surface area contributed by atoms with Crippen LogP contribution in [0.15, 0.2) is 22.7 Å². The van der Waals surface area contributed by atoms with Gasteiger partial charge in [-0.2, -0.15) is 13.2 Å². The molecule has 0 radical (unpaired) electrons. The van der Waals surface area contributed by atoms with E-state index >= 15 is 0 Å². The number of carbonyl (C=O) groups excluding carboxylic acids is 1. The smallest absolute Gasteiger partial charge is 0.352 e. The van der Waals surface area contributed by atoms with Crippen LogP contribution in [-0.2, 0) is 0 Å². The molecule has 0 spiro atoms. The molecule has 0 bridgehead atoms. The number of benzene rings is 1. The van der Waals surface area contributed by atoms with Crippen molar-refractivity contribution in [3.8, 4) is 0 Å². The van der Waals surface area contributed by atoms with Gasteiger partial charge in [-0.15, -0.1) is 0 Å². The summed E-state index contributed by atoms with van der Waals surface area (Å²) in [5, 5.41) is 2.63. The van der Waals surface area contributed by atoms with Crippen LogP contribution in [0.3, 0.4) is 0 Å². The monoisotopic (exact) mass is 337 g/mol. The Hall–Kier alpha value is -1.04. The molecule has 106 valence electrons. The first kappa shape index (κ1) is 16.0. The second kappa shape index (κ2) is 6.93. The summed E-state index contributed by atoms with van der Waals surface area (Å²) in [6, 6.07) is 5.26. The molecule has 0 unspecified atom stereocenters. The standard InChI is InChI=1S/C13H15BrF3NO/c1-9-10(5-4-6-11(9)14)12(19)18-8-3-2-7-13(15,16)17/h4-6H,2-3,7-8H2,1H3,(H,18,19). The summed E-state index contributed by atoms with van der Waals surface area (Å²) in [6.07, 6.45) is -4.58. The van der Waals surface area contributed by atoms with Crippen LogP contribution >= 0.6 is 15.9 Å². The fraction of sp³-hybridized carbons (Fsp3) is 0.462. The lowest BCUT2D eigenvalue weighted by atomic mass is 10.1. The van der Waals surface area contributed by atoms with Gasteiger partial charge in [-0.1, -0.05) is 22.0 Å². The highest BCUT2D eigenvalue weighted by atomic mass is 79.9. The molecular weight excluding hydrogens is 323 g/mol. The maximum absolute atomic E-state index is 11.9. The summed E-state index contributed by atoms with van der Waals surface area (Å²) in [5.41, 5.74) is 1.35. The van der Waals surface area contributed by atoms with Gasteiger partial charge in [0, 0.05) is 23.0 Å². The fourth-order valence-corrected chi connectivity index (χ4v) is 1.97. The Morgan fingerprint density at radius 2 is 2.00 bits per heavy atom. The Morgan fingerprint density at radius 3 is 2.63 bits per heavy atom. The van der Waals surface area contributed by atoms with Crippen molar-refractivity contribution in [2.45, 2.75) is 32.4 Å². The third-order valence-corrected chi connectivity index (χ3v) is 3.54. The number of alkyl halides is 3. The Labute approximate surface area is 118 Å². The van der Waals surface area contributed by atoms with E-state index in [-0.39, 0.29) is 18.9 Å². The first-order valence-corrected chi connectivity index (χ1v) is 6.70. The maximum atomic E-state index is 11.9. The molecule has 0 atom stereocenters. The van der Waals surface area contributed by atoms with Crippen molar-refractivity contribution in [3.05, 3.63) is 33.8 Å². The van der Waals surface area contributed by atoms with E-state index in [0.29, 0.717) is 12.0 Å². The fourth-order valence-electron chi connectivity index (χ4n) is 1.60. The quantitative estimate of drug-likeness (QED) is 0.801. The summed E-state index contributed by atoms with van der Waals surface area (Å²) in [4.78, 5) is 11.8. The topological polar surface area (TPSA) is 29.1 Å². The van der Waals surface area contributed by atoms with E-state index in [9.17, 15) is 18.0 Å². The third-order valence-electron chi connectivity index (χ3n) is 2.68. The van der Waals surface area contributed by atoms with Gasteiger partial charge in [-0.05, 0) is 37.5 Å². The van der Waals surface area contributed by atoms with Crippen LogP contribution < -0.4 is 5.32 Å². The van der Waals surface area contributed by atoms with E-state index in [1.165, 1.54) is 0 Å². The Kier molecular flexibility index (Phi) is 5.85. The van der Waals surface area contributed by atoms with E-state index in [1.54, 1.807) is 12.1 Å². The first-order chi connectivity index (χ1) is 8.81. The van der Waals surface area contributed by atoms with Crippen molar-refractivity contribution < 1.29 is 18.0 Å². The van der Waals surface area contributed by atoms with Gasteiger partial charge in [0.15, 0.2) is 0 Å². The number of amides is 1. The molecular formula is C13H15BrF3NO. The largest absolute Gasteiger partial charge is 0.389 e. The highest BCUT2D eigenvalue weighted by molar-refractivity contribution is 9.10. The molecule has 0 aliphatic carbocycles. The summed E-state index contributed by atoms with van der Waals surface area (Å²) in [7, 11) is 0. The highest BCUT2D eigenvalue weighted by Gasteiger charge is 2.25. The van der Waals surface area contributed by atoms with E-state index in [2.05, 4.69) is 21.2 Å². The van der Waals surface area contributed by atoms with Crippen molar-refractivity contribution >= 4 is 21.8 Å². The van der Waals surface area contributed by atoms with Crippen molar-refractivity contribution in [2.24, 2.45) is 0 Å². The average molecular weight is 338 g/mol. The average Bonchev–Trinajstić information content (AvgIpc) is 2.30. The third kappa shape index (κ3) is 5.63. The van der Waals surface area contributed by atoms with Crippen molar-refractivity contribution in [1.82, 2.24) is 5.32 Å². The minimum absolute atomic E-state index is 0.0290. The summed E-state index contributed by atoms with van der Waals surface area (Å²) in [5.74, 6) is -0.259. The first-order valence-electron chi connectivity index (χ1n) is 5.91. The second-order valence-corrected chi connectivity index (χ2v) is 5.09. The zero-order chi connectivity index (χ0) is 14.5. The van der Waals surface area contributed by atoms with E-state index in [1.807, 2.05) is 13.0 Å². The number of hydrogen-bond acceptors (Lipinski definition) is 1. The number of rotatable bonds is 5. The van der Waals surface area contributed by atoms with Gasteiger partial charge in [-0.3, -0.25) is 4.79 Å². The zero-order valence-electron chi connectivity index (χ0n) is 10.5. The van der Waals surface area contributed by atoms with Gasteiger partial charge in [0.25, 0.3) is 5.91 Å². The predicted octanol–water partition coefficient (Wildman–Crippen LogP) is 4.22. The van der Waals surface area contributed by atoms with Gasteiger partial charge in [0.1, 0.15) is 0 Å². The lowest BCUT2D eigenvalue weighted by Gasteiger charge is -2.09. The second-order valence-electron chi connectivity index (χ2n) is 4.24. The highest BCUT2D eigenvalue weighted by Crippen LogP contribution is 2.22. The minimum Gasteiger partial charge on any atom is -0.352 e. The van der Waals surface area contributed by atoms with Crippen molar-refractivity contribution in [1.29, 1.82) is 0 Å². The van der Waals surface area contributed by atoms with Crippen molar-refractivity contribution in [2.75, 3.05) is 6.54 Å². The summed E-state index contributed by atoms with van der Waals surface area (Å²) in [6.45, 7) is 2.06. The molecule has 0 aromatic heterocycles. The molecule has 6 heteroatoms. The van der Waals surface area contributed by atoms with Gasteiger partial charge >= 0.3 is 6.18 Å². The van der Waals surface area contributed by atoms with E-state index < -0.39 is 12.6 Å². The number of nitrogens with one attached hydrogen (secondary N) is 1. The van der Waals surface area contributed by atoms with Crippen LogP contribution in [0.5, 0.6) is 0 Å². The van der Waals surface area contributed by atoms with Gasteiger partial charge in [0.2, 0.25) is 0 Å². The molecule has 0 saturated carbocycles. The van der Waals surface area contributed by atoms with Crippen molar-refractivity contribution in [3.63, 3.8) is 0 Å². The Balaban J connectivity index is 2.38. The van der Waals surface area contributed by atoms with Crippen LogP contribution in [-0.4, -0.2) is 18.6 Å². The normalized spacial score (nSPS) is 11.4. The zero-order valence-corrected chi connectivity index (χ0v) is 12.1. The molecule has 0 aliphatic rings. The molecule has 1 aromatic carbocycles. The summed E-state index contributed by atoms with van der Waals surface area (Å²) >= 11 is 3.32. The lowest BCUT2D eigenvalue weighted by molar-refractivity contribution is -0.135. The number of halogens is 4. The van der Waals surface area contributed by atoms with Crippen LogP contribution in [0.2, 0.25) is 0 Å². The maximum Gasteiger partial charge on any atom is 0.389 e. The number of hydrogen-bond donors (Lipinski definition) is 1. The molecule has 19 heavy (non-hydrogen) atoms. The molecule has 1 rings (SSSR count). The van der Waals surface area contributed by atoms with Crippen LogP contribution in [0, 0.1) is 6.92 Å². The van der Waals surface area contributed by atoms with Crippen LogP contribution in [0.4, 0.5) is 13.2 Å². The Bertz CT molecular complexity index is 446. The molecule has 0 aliphatic heterocycles. The predicted molar refractivity (Wildman–Crippen MR) is 71.1 cm³/mol. The molecule has 0 heterocycles. The molecule has 1 aromatic rings. The van der Waals surface area contributed by atoms with Gasteiger partial charge < -0.3 is 5.32 Å². The van der Waals surface area contributed by atoms with E-state index in [4.69, 9.17) is 0 Å². The molecule has 1 amide bonds. The SMILES string of the molecule is Cc1c(Br)cccc1C(=O)NCCCCC(F)(F)F. The van der Waals surface area contributed by atoms with Crippen LogP contribution in [0.25, 0.3) is 0 Å². The molecule has 2 nitrogen and oxygen atoms in total. The van der Waals surface area contributed by atoms with Gasteiger partial charge in [-0.25, -0.2) is 0 Å².